The average Bonchev–Trinajstić information content (AvgIpc) is 3.47. The van der Waals surface area contributed by atoms with Crippen molar-refractivity contribution in [3.05, 3.63) is 70.3 Å². The maximum absolute atomic E-state index is 14.4. The van der Waals surface area contributed by atoms with E-state index in [1.807, 2.05) is 12.1 Å². The molecule has 2 bridgehead atoms. The number of hydrogen-bond donors (Lipinski definition) is 0. The van der Waals surface area contributed by atoms with E-state index < -0.39 is 16.4 Å². The van der Waals surface area contributed by atoms with Gasteiger partial charge in [0, 0.05) is 29.4 Å². The number of ketones is 2. The number of Topliss-reactive ketones (excluding diaryl/α,β-unsaturated/α-hetero) is 2. The molecule has 5 atom stereocenters. The molecule has 3 aliphatic carbocycles. The van der Waals surface area contributed by atoms with Crippen molar-refractivity contribution in [2.75, 3.05) is 0 Å². The van der Waals surface area contributed by atoms with Crippen molar-refractivity contribution < 1.29 is 18.4 Å². The van der Waals surface area contributed by atoms with E-state index >= 15 is 0 Å². The van der Waals surface area contributed by atoms with Gasteiger partial charge in [0.1, 0.15) is 5.75 Å². The van der Waals surface area contributed by atoms with Crippen LogP contribution in [0, 0.1) is 42.7 Å². The van der Waals surface area contributed by atoms with Gasteiger partial charge in [-0.1, -0.05) is 70.8 Å². The van der Waals surface area contributed by atoms with Crippen LogP contribution in [0.5, 0.6) is 5.75 Å². The third-order valence-electron chi connectivity index (χ3n) is 9.61. The highest BCUT2D eigenvalue weighted by atomic mass is 28.4. The molecule has 0 amide bonds. The molecule has 0 heterocycles. The summed E-state index contributed by atoms with van der Waals surface area (Å²) in [6.45, 7) is 20.1. The van der Waals surface area contributed by atoms with Crippen LogP contribution >= 0.6 is 0 Å². The van der Waals surface area contributed by atoms with Gasteiger partial charge < -0.3 is 8.85 Å². The van der Waals surface area contributed by atoms with E-state index in [4.69, 9.17) is 8.85 Å². The Bertz CT molecular complexity index is 1400. The predicted molar refractivity (Wildman–Crippen MR) is 166 cm³/mol. The Hall–Kier alpha value is -2.25. The Morgan fingerprint density at radius 1 is 0.975 bits per heavy atom. The molecule has 7 heteroatoms. The smallest absolute Gasteiger partial charge is 0.341 e. The van der Waals surface area contributed by atoms with Gasteiger partial charge in [0.15, 0.2) is 19.9 Å². The van der Waals surface area contributed by atoms with Crippen LogP contribution in [0.4, 0.5) is 0 Å². The zero-order valence-electron chi connectivity index (χ0n) is 25.3. The highest BCUT2D eigenvalue weighted by Crippen LogP contribution is 2.52. The van der Waals surface area contributed by atoms with E-state index in [1.54, 1.807) is 0 Å². The zero-order valence-corrected chi connectivity index (χ0v) is 28.3. The second-order valence-electron chi connectivity index (χ2n) is 14.6. The van der Waals surface area contributed by atoms with Crippen LogP contribution in [-0.2, 0) is 10.8 Å². The summed E-state index contributed by atoms with van der Waals surface area (Å²) in [7, 11) is -1.22. The van der Waals surface area contributed by atoms with Crippen LogP contribution in [0.25, 0.3) is 0 Å². The molecule has 4 nitrogen and oxygen atoms in total. The third kappa shape index (κ3) is 4.91. The first kappa shape index (κ1) is 29.3. The van der Waals surface area contributed by atoms with Crippen LogP contribution in [0.2, 0.25) is 37.8 Å². The number of rotatable bonds is 7. The first-order valence-electron chi connectivity index (χ1n) is 14.4. The SMILES string of the molecule is Cc1cc(C[C@@H](O[Si](C)(C)C(C)(C)C)c2c#cc3c(c2[Si](C)(C)C)C(=O)C2C(C3=O)[C@H]3C=C[C@@H]2C3)cc(O[Si])c1. The Morgan fingerprint density at radius 3 is 2.17 bits per heavy atom. The van der Waals surface area contributed by atoms with Gasteiger partial charge in [0.05, 0.1) is 19.7 Å². The lowest BCUT2D eigenvalue weighted by molar-refractivity contribution is 0.0721. The lowest BCUT2D eigenvalue weighted by Gasteiger charge is -2.41. The number of aryl methyl sites for hydroxylation is 1. The predicted octanol–water partition coefficient (Wildman–Crippen LogP) is 6.73. The normalized spacial score (nSPS) is 24.6. The van der Waals surface area contributed by atoms with E-state index in [9.17, 15) is 9.59 Å². The molecule has 2 aromatic rings. The quantitative estimate of drug-likeness (QED) is 0.267. The number of allylic oxidation sites excluding steroid dienone is 2. The van der Waals surface area contributed by atoms with Gasteiger partial charge in [-0.15, -0.1) is 0 Å². The summed E-state index contributed by atoms with van der Waals surface area (Å²) in [6, 6.07) is 12.9. The summed E-state index contributed by atoms with van der Waals surface area (Å²) < 4.78 is 12.6. The summed E-state index contributed by atoms with van der Waals surface area (Å²) in [4.78, 5) is 28.2. The highest BCUT2D eigenvalue weighted by molar-refractivity contribution is 6.90. The number of carbonyl (C=O) groups excluding carboxylic acids is 2. The molecule has 1 fully saturated rings. The lowest BCUT2D eigenvalue weighted by Crippen LogP contribution is -2.51. The monoisotopic (exact) mass is 585 g/mol. The molecule has 0 N–H and O–H groups in total. The maximum Gasteiger partial charge on any atom is 0.341 e. The van der Waals surface area contributed by atoms with Crippen LogP contribution in [0.15, 0.2) is 30.4 Å². The molecule has 3 aliphatic rings. The van der Waals surface area contributed by atoms with Crippen molar-refractivity contribution in [2.24, 2.45) is 23.7 Å². The van der Waals surface area contributed by atoms with E-state index in [1.165, 1.54) is 0 Å². The summed E-state index contributed by atoms with van der Waals surface area (Å²) >= 11 is 0. The molecule has 0 aromatic heterocycles. The molecule has 0 spiro atoms. The molecule has 2 aromatic carbocycles. The van der Waals surface area contributed by atoms with Gasteiger partial charge in [-0.3, -0.25) is 9.59 Å². The summed E-state index contributed by atoms with van der Waals surface area (Å²) in [6.07, 6.45) is 5.50. The minimum absolute atomic E-state index is 0.00657. The molecule has 209 valence electrons. The topological polar surface area (TPSA) is 52.6 Å². The van der Waals surface area contributed by atoms with Crippen molar-refractivity contribution in [3.8, 4) is 5.75 Å². The second-order valence-corrected chi connectivity index (χ2v) is 24.6. The highest BCUT2D eigenvalue weighted by Gasteiger charge is 2.56. The van der Waals surface area contributed by atoms with E-state index in [0.717, 1.165) is 34.0 Å². The molecule has 0 saturated heterocycles. The Labute approximate surface area is 245 Å². The van der Waals surface area contributed by atoms with Crippen molar-refractivity contribution in [2.45, 2.75) is 84.4 Å². The van der Waals surface area contributed by atoms with Gasteiger partial charge in [0.2, 0.25) is 0 Å². The fourth-order valence-electron chi connectivity index (χ4n) is 6.79. The molecule has 0 aliphatic heterocycles. The average molecular weight is 586 g/mol. The van der Waals surface area contributed by atoms with Crippen LogP contribution in [-0.4, -0.2) is 38.4 Å². The third-order valence-corrected chi connectivity index (χ3v) is 16.4. The molecular weight excluding hydrogens is 545 g/mol. The van der Waals surface area contributed by atoms with E-state index in [-0.39, 0.29) is 46.4 Å². The van der Waals surface area contributed by atoms with Gasteiger partial charge in [-0.25, -0.2) is 0 Å². The largest absolute Gasteiger partial charge is 0.540 e. The van der Waals surface area contributed by atoms with Gasteiger partial charge in [-0.05, 0) is 71.8 Å². The molecule has 40 heavy (non-hydrogen) atoms. The van der Waals surface area contributed by atoms with Crippen molar-refractivity contribution in [1.82, 2.24) is 0 Å². The minimum Gasteiger partial charge on any atom is -0.540 e. The van der Waals surface area contributed by atoms with Crippen molar-refractivity contribution >= 4 is 43.6 Å². The zero-order chi connectivity index (χ0) is 29.4. The van der Waals surface area contributed by atoms with Gasteiger partial charge >= 0.3 is 10.5 Å². The fourth-order valence-corrected chi connectivity index (χ4v) is 10.2. The maximum atomic E-state index is 14.4. The standard InChI is InChI=1S/C33H41O4Si3/c1-19-14-20(16-23(15-19)36-38)17-26(37-40(8,9)33(2,3)4)24-12-13-25-29(32(24)39(5,6)7)31(35)28-22-11-10-21(18-22)27(28)30(25)34/h10-11,14-16,21-22,26-28H,17-18H2,1-9H3/t21-,22+,26+,27?,28?/m0/s1. The number of benzene rings is 1. The van der Waals surface area contributed by atoms with Crippen LogP contribution in [0.3, 0.4) is 0 Å². The fraction of sp³-hybridized carbons (Fsp3) is 0.515. The Balaban J connectivity index is 1.69. The first-order chi connectivity index (χ1) is 18.5. The van der Waals surface area contributed by atoms with Gasteiger partial charge in [-0.2, -0.15) is 0 Å². The van der Waals surface area contributed by atoms with Crippen LogP contribution in [0.1, 0.15) is 70.7 Å². The van der Waals surface area contributed by atoms with Crippen molar-refractivity contribution in [1.29, 1.82) is 0 Å². The molecular formula is C33H41O4Si3. The number of fused-ring (bicyclic) bond motifs is 6. The molecule has 3 radical (unpaired) electrons. The summed E-state index contributed by atoms with van der Waals surface area (Å²) in [5.41, 5.74) is 4.18. The number of carbonyl (C=O) groups is 2. The summed E-state index contributed by atoms with van der Waals surface area (Å²) in [5.74, 6) is 0.800. The van der Waals surface area contributed by atoms with Crippen molar-refractivity contribution in [3.63, 3.8) is 0 Å². The lowest BCUT2D eigenvalue weighted by atomic mass is 9.69. The Kier molecular flexibility index (Phi) is 7.27. The molecule has 1 saturated carbocycles. The number of hydrogen-bond acceptors (Lipinski definition) is 4. The Morgan fingerprint density at radius 2 is 1.60 bits per heavy atom. The van der Waals surface area contributed by atoms with E-state index in [2.05, 4.69) is 101 Å². The first-order valence-corrected chi connectivity index (χ1v) is 21.2. The second kappa shape index (κ2) is 9.94. The van der Waals surface area contributed by atoms with Crippen LogP contribution < -0.4 is 9.61 Å². The van der Waals surface area contributed by atoms with Gasteiger partial charge in [0.25, 0.3) is 0 Å². The van der Waals surface area contributed by atoms with E-state index in [0.29, 0.717) is 17.5 Å². The molecule has 5 rings (SSSR count). The molecule has 2 unspecified atom stereocenters. The summed E-state index contributed by atoms with van der Waals surface area (Å²) in [5, 5.41) is 1.02. The minimum atomic E-state index is -2.24.